The van der Waals surface area contributed by atoms with Crippen molar-refractivity contribution in [1.82, 2.24) is 9.62 Å². The highest BCUT2D eigenvalue weighted by molar-refractivity contribution is 9.10. The molecule has 9 heteroatoms. The first kappa shape index (κ1) is 19.8. The molecule has 1 N–H and O–H groups in total. The first-order valence-electron chi connectivity index (χ1n) is 8.72. The second-order valence-corrected chi connectivity index (χ2v) is 9.12. The summed E-state index contributed by atoms with van der Waals surface area (Å²) >= 11 is 3.26. The van der Waals surface area contributed by atoms with E-state index in [2.05, 4.69) is 20.7 Å². The predicted molar refractivity (Wildman–Crippen MR) is 98.9 cm³/mol. The monoisotopic (exact) mass is 446 g/mol. The summed E-state index contributed by atoms with van der Waals surface area (Å²) < 4.78 is 38.7. The minimum Gasteiger partial charge on any atom is -0.350 e. The van der Waals surface area contributed by atoms with E-state index in [4.69, 9.17) is 9.47 Å². The highest BCUT2D eigenvalue weighted by atomic mass is 79.9. The van der Waals surface area contributed by atoms with Crippen molar-refractivity contribution in [3.8, 4) is 0 Å². The molecule has 2 heterocycles. The number of halogens is 1. The minimum atomic E-state index is -3.61. The van der Waals surface area contributed by atoms with E-state index in [-0.39, 0.29) is 30.1 Å². The summed E-state index contributed by atoms with van der Waals surface area (Å²) in [5.41, 5.74) is 0. The topological polar surface area (TPSA) is 84.9 Å². The zero-order valence-corrected chi connectivity index (χ0v) is 16.8. The van der Waals surface area contributed by atoms with E-state index < -0.39 is 10.0 Å². The Hall–Kier alpha value is -1.00. The maximum atomic E-state index is 12.3. The molecular weight excluding hydrogens is 424 g/mol. The summed E-state index contributed by atoms with van der Waals surface area (Å²) in [6, 6.07) is 6.47. The van der Waals surface area contributed by atoms with Crippen molar-refractivity contribution in [3.63, 3.8) is 0 Å². The Balaban J connectivity index is 1.43. The molecule has 1 amide bonds. The molecule has 2 aliphatic rings. The largest absolute Gasteiger partial charge is 0.350 e. The fourth-order valence-electron chi connectivity index (χ4n) is 3.24. The summed E-state index contributed by atoms with van der Waals surface area (Å²) in [6.45, 7) is 2.68. The van der Waals surface area contributed by atoms with Crippen LogP contribution in [-0.4, -0.2) is 58.4 Å². The number of sulfonamides is 1. The van der Waals surface area contributed by atoms with Crippen molar-refractivity contribution in [2.75, 3.05) is 32.8 Å². The zero-order valence-electron chi connectivity index (χ0n) is 14.4. The summed E-state index contributed by atoms with van der Waals surface area (Å²) in [7, 11) is -3.61. The van der Waals surface area contributed by atoms with Gasteiger partial charge in [0.25, 0.3) is 0 Å². The van der Waals surface area contributed by atoms with Gasteiger partial charge < -0.3 is 14.4 Å². The number of carbonyl (C=O) groups is 1. The molecule has 0 radical (unpaired) electrons. The molecule has 2 fully saturated rings. The highest BCUT2D eigenvalue weighted by Crippen LogP contribution is 2.26. The van der Waals surface area contributed by atoms with Gasteiger partial charge in [-0.25, -0.2) is 13.1 Å². The smallest absolute Gasteiger partial charge is 0.240 e. The van der Waals surface area contributed by atoms with Gasteiger partial charge in [-0.3, -0.25) is 4.79 Å². The number of ether oxygens (including phenoxy) is 2. The molecule has 0 saturated carbocycles. The van der Waals surface area contributed by atoms with Crippen LogP contribution in [0.1, 0.15) is 19.3 Å². The average Bonchev–Trinajstić information content (AvgIpc) is 3.16. The maximum absolute atomic E-state index is 12.3. The Kier molecular flexibility index (Phi) is 6.68. The van der Waals surface area contributed by atoms with Crippen LogP contribution < -0.4 is 4.72 Å². The summed E-state index contributed by atoms with van der Waals surface area (Å²) in [5, 5.41) is 0. The Morgan fingerprint density at radius 1 is 1.23 bits per heavy atom. The number of hydrogen-bond donors (Lipinski definition) is 1. The lowest BCUT2D eigenvalue weighted by atomic mass is 9.96. The molecule has 0 aromatic heterocycles. The standard InChI is InChI=1S/C17H23BrN2O5S/c18-14-2-1-3-15(12-14)26(22,23)19-7-4-16(21)20-8-5-13(6-9-20)17-24-10-11-25-17/h1-3,12-13,17,19H,4-11H2. The summed E-state index contributed by atoms with van der Waals surface area (Å²) in [5.74, 6) is 0.297. The van der Waals surface area contributed by atoms with E-state index >= 15 is 0 Å². The number of amides is 1. The van der Waals surface area contributed by atoms with Crippen LogP contribution in [0.2, 0.25) is 0 Å². The lowest BCUT2D eigenvalue weighted by Crippen LogP contribution is -2.42. The Morgan fingerprint density at radius 3 is 2.58 bits per heavy atom. The molecule has 1 aromatic rings. The zero-order chi connectivity index (χ0) is 18.6. The van der Waals surface area contributed by atoms with Gasteiger partial charge in [0.1, 0.15) is 0 Å². The molecular formula is C17H23BrN2O5S. The van der Waals surface area contributed by atoms with Crippen molar-refractivity contribution < 1.29 is 22.7 Å². The Bertz CT molecular complexity index is 728. The van der Waals surface area contributed by atoms with Gasteiger partial charge in [0, 0.05) is 36.4 Å². The van der Waals surface area contributed by atoms with Crippen LogP contribution in [0.15, 0.2) is 33.6 Å². The molecule has 0 spiro atoms. The number of nitrogens with one attached hydrogen (secondary N) is 1. The van der Waals surface area contributed by atoms with Gasteiger partial charge in [0.2, 0.25) is 15.9 Å². The molecule has 3 rings (SSSR count). The van der Waals surface area contributed by atoms with Crippen molar-refractivity contribution in [1.29, 1.82) is 0 Å². The third kappa shape index (κ3) is 5.04. The summed E-state index contributed by atoms with van der Waals surface area (Å²) in [4.78, 5) is 14.3. The first-order valence-corrected chi connectivity index (χ1v) is 11.0. The second kappa shape index (κ2) is 8.79. The molecule has 2 aliphatic heterocycles. The molecule has 0 atom stereocenters. The number of hydrogen-bond acceptors (Lipinski definition) is 5. The van der Waals surface area contributed by atoms with Gasteiger partial charge in [0.15, 0.2) is 6.29 Å². The molecule has 7 nitrogen and oxygen atoms in total. The Morgan fingerprint density at radius 2 is 1.92 bits per heavy atom. The second-order valence-electron chi connectivity index (χ2n) is 6.43. The SMILES string of the molecule is O=C(CCNS(=O)(=O)c1cccc(Br)c1)N1CCC(C2OCCO2)CC1. The number of likely N-dealkylation sites (tertiary alicyclic amines) is 1. The highest BCUT2D eigenvalue weighted by Gasteiger charge is 2.31. The predicted octanol–water partition coefficient (Wildman–Crippen LogP) is 1.73. The van der Waals surface area contributed by atoms with Crippen LogP contribution in [0.25, 0.3) is 0 Å². The van der Waals surface area contributed by atoms with Gasteiger partial charge in [0.05, 0.1) is 18.1 Å². The Labute approximate surface area is 162 Å². The van der Waals surface area contributed by atoms with Crippen molar-refractivity contribution in [2.45, 2.75) is 30.4 Å². The van der Waals surface area contributed by atoms with Gasteiger partial charge >= 0.3 is 0 Å². The molecule has 0 aliphatic carbocycles. The van der Waals surface area contributed by atoms with E-state index in [1.165, 1.54) is 12.1 Å². The molecule has 144 valence electrons. The fraction of sp³-hybridized carbons (Fsp3) is 0.588. The number of piperidine rings is 1. The van der Waals surface area contributed by atoms with Gasteiger partial charge in [-0.2, -0.15) is 0 Å². The van der Waals surface area contributed by atoms with E-state index in [0.29, 0.717) is 36.7 Å². The molecule has 2 saturated heterocycles. The van der Waals surface area contributed by atoms with Gasteiger partial charge in [-0.05, 0) is 31.0 Å². The van der Waals surface area contributed by atoms with Gasteiger partial charge in [-0.15, -0.1) is 0 Å². The van der Waals surface area contributed by atoms with Crippen LogP contribution in [0.5, 0.6) is 0 Å². The molecule has 0 unspecified atom stereocenters. The molecule has 1 aromatic carbocycles. The van der Waals surface area contributed by atoms with Crippen LogP contribution >= 0.6 is 15.9 Å². The van der Waals surface area contributed by atoms with E-state index in [9.17, 15) is 13.2 Å². The first-order chi connectivity index (χ1) is 12.5. The van der Waals surface area contributed by atoms with Crippen LogP contribution in [-0.2, 0) is 24.3 Å². The summed E-state index contributed by atoms with van der Waals surface area (Å²) in [6.07, 6.45) is 1.71. The van der Waals surface area contributed by atoms with Crippen LogP contribution in [0.4, 0.5) is 0 Å². The third-order valence-electron chi connectivity index (χ3n) is 4.66. The van der Waals surface area contributed by atoms with E-state index in [1.54, 1.807) is 17.0 Å². The number of benzene rings is 1. The van der Waals surface area contributed by atoms with E-state index in [1.807, 2.05) is 0 Å². The normalized spacial score (nSPS) is 19.8. The number of carbonyl (C=O) groups excluding carboxylic acids is 1. The molecule has 0 bridgehead atoms. The van der Waals surface area contributed by atoms with Crippen molar-refractivity contribution >= 4 is 31.9 Å². The van der Waals surface area contributed by atoms with E-state index in [0.717, 1.165) is 12.8 Å². The maximum Gasteiger partial charge on any atom is 0.240 e. The third-order valence-corrected chi connectivity index (χ3v) is 6.61. The van der Waals surface area contributed by atoms with Crippen LogP contribution in [0.3, 0.4) is 0 Å². The van der Waals surface area contributed by atoms with Crippen LogP contribution in [0, 0.1) is 5.92 Å². The lowest BCUT2D eigenvalue weighted by Gasteiger charge is -2.33. The van der Waals surface area contributed by atoms with Crippen molar-refractivity contribution in [2.24, 2.45) is 5.92 Å². The fourth-order valence-corrected chi connectivity index (χ4v) is 4.87. The lowest BCUT2D eigenvalue weighted by molar-refractivity contribution is -0.136. The average molecular weight is 447 g/mol. The molecule has 26 heavy (non-hydrogen) atoms. The van der Waals surface area contributed by atoms with Gasteiger partial charge in [-0.1, -0.05) is 22.0 Å². The number of nitrogens with zero attached hydrogens (tertiary/aromatic N) is 1. The van der Waals surface area contributed by atoms with Crippen molar-refractivity contribution in [3.05, 3.63) is 28.7 Å². The number of rotatable bonds is 6. The minimum absolute atomic E-state index is 0.0337. The quantitative estimate of drug-likeness (QED) is 0.718.